The molecule has 14 nitrogen and oxygen atoms in total. The van der Waals surface area contributed by atoms with Crippen molar-refractivity contribution in [1.82, 2.24) is 49.3 Å². The Morgan fingerprint density at radius 2 is 1.06 bits per heavy atom. The van der Waals surface area contributed by atoms with Gasteiger partial charge in [-0.05, 0) is 136 Å². The van der Waals surface area contributed by atoms with Crippen LogP contribution in [-0.4, -0.2) is 67.8 Å². The van der Waals surface area contributed by atoms with E-state index in [4.69, 9.17) is 26.4 Å². The molecule has 0 unspecified atom stereocenters. The standard InChI is InChI=1S/C26H22FN5O2.C23H15ClFN5O.C3H8O/c1-16(2)34-26-24(18-4-7-20(27)8-5-18)30-22-13-19(6-9-21(22)31-26)25(33)29-14-17-3-10-23-28-11-12-32(23)15-17;24-22-21(15-2-5-17(25)6-3-15)28-19-11-16(4-7-18(19)29-22)23(31)27-12-14-1-8-20-26-9-10-30(20)13-14;1-3(2)4/h3-13,15-16H,14H2,1-2H3,(H,29,33);1-11,13H,12H2,(H,27,31);3-4H,1-2H3. The number of halogens is 3. The molecular weight excluding hydrogens is 902 g/mol. The van der Waals surface area contributed by atoms with Crippen molar-refractivity contribution >= 4 is 56.8 Å². The number of carbonyl (C=O) groups excluding carboxylic acids is 2. The van der Waals surface area contributed by atoms with Gasteiger partial charge in [0.05, 0.1) is 28.2 Å². The second-order valence-electron chi connectivity index (χ2n) is 16.2. The van der Waals surface area contributed by atoms with Gasteiger partial charge in [-0.15, -0.1) is 0 Å². The number of aromatic nitrogens is 8. The third-order valence-electron chi connectivity index (χ3n) is 10.2. The number of nitrogens with zero attached hydrogens (tertiary/aromatic N) is 8. The van der Waals surface area contributed by atoms with Crippen LogP contribution in [0.25, 0.3) is 55.9 Å². The van der Waals surface area contributed by atoms with Crippen LogP contribution in [0.15, 0.2) is 146 Å². The molecule has 4 aromatic carbocycles. The summed E-state index contributed by atoms with van der Waals surface area (Å²) >= 11 is 6.28. The lowest BCUT2D eigenvalue weighted by Gasteiger charge is -2.14. The normalized spacial score (nSPS) is 11.1. The summed E-state index contributed by atoms with van der Waals surface area (Å²) in [6.07, 6.45) is 10.7. The first kappa shape index (κ1) is 47.3. The third-order valence-corrected chi connectivity index (χ3v) is 10.4. The van der Waals surface area contributed by atoms with Crippen LogP contribution >= 0.6 is 11.6 Å². The van der Waals surface area contributed by atoms with E-state index in [1.54, 1.807) is 86.9 Å². The minimum absolute atomic E-state index is 0.113. The second kappa shape index (κ2) is 21.2. The molecule has 3 N–H and O–H groups in total. The van der Waals surface area contributed by atoms with E-state index in [-0.39, 0.29) is 40.8 Å². The van der Waals surface area contributed by atoms with Gasteiger partial charge in [-0.1, -0.05) is 23.7 Å². The molecule has 0 fully saturated rings. The van der Waals surface area contributed by atoms with Gasteiger partial charge in [0, 0.05) is 78.6 Å². The van der Waals surface area contributed by atoms with E-state index in [1.807, 2.05) is 71.7 Å². The number of benzene rings is 4. The zero-order valence-corrected chi connectivity index (χ0v) is 38.6. The minimum atomic E-state index is -0.347. The third kappa shape index (κ3) is 11.9. The molecule has 69 heavy (non-hydrogen) atoms. The Morgan fingerprint density at radius 1 is 0.609 bits per heavy atom. The monoisotopic (exact) mass is 946 g/mol. The molecule has 17 heteroatoms. The SMILES string of the molecule is CC(C)O.CC(C)Oc1nc2ccc(C(=O)NCc3ccc4nccn4c3)cc2nc1-c1ccc(F)cc1.O=C(NCc1ccc2nccn2c1)c1ccc2nc(Cl)c(-c3ccc(F)cc3)nc2c1. The Bertz CT molecular complexity index is 3430. The lowest BCUT2D eigenvalue weighted by Crippen LogP contribution is -2.23. The van der Waals surface area contributed by atoms with E-state index < -0.39 is 0 Å². The molecule has 0 aliphatic rings. The summed E-state index contributed by atoms with van der Waals surface area (Å²) in [7, 11) is 0. The number of nitrogens with one attached hydrogen (secondary N) is 2. The number of ether oxygens (including phenoxy) is 1. The molecule has 0 aliphatic carbocycles. The number of imidazole rings is 2. The van der Waals surface area contributed by atoms with Crippen molar-refractivity contribution in [3.63, 3.8) is 0 Å². The highest BCUT2D eigenvalue weighted by atomic mass is 35.5. The van der Waals surface area contributed by atoms with Gasteiger partial charge in [-0.2, -0.15) is 0 Å². The van der Waals surface area contributed by atoms with Crippen LogP contribution in [0.4, 0.5) is 8.78 Å². The first-order valence-electron chi connectivity index (χ1n) is 21.8. The van der Waals surface area contributed by atoms with Crippen molar-refractivity contribution in [2.75, 3.05) is 0 Å². The Morgan fingerprint density at radius 3 is 1.54 bits per heavy atom. The molecule has 10 rings (SSSR count). The van der Waals surface area contributed by atoms with Crippen LogP contribution in [0.5, 0.6) is 5.88 Å². The first-order chi connectivity index (χ1) is 33.3. The Labute approximate surface area is 399 Å². The van der Waals surface area contributed by atoms with Gasteiger partial charge < -0.3 is 29.3 Å². The fraction of sp³-hybridized carbons (Fsp3) is 0.154. The molecule has 348 valence electrons. The van der Waals surface area contributed by atoms with E-state index in [9.17, 15) is 18.4 Å². The molecule has 0 atom stereocenters. The molecule has 0 bridgehead atoms. The van der Waals surface area contributed by atoms with Crippen molar-refractivity contribution in [1.29, 1.82) is 0 Å². The Hall–Kier alpha value is -8.21. The Balaban J connectivity index is 0.000000173. The van der Waals surface area contributed by atoms with E-state index in [2.05, 4.69) is 35.6 Å². The van der Waals surface area contributed by atoms with Crippen LogP contribution in [0.1, 0.15) is 59.5 Å². The molecule has 0 spiro atoms. The highest BCUT2D eigenvalue weighted by Crippen LogP contribution is 2.31. The maximum atomic E-state index is 13.4. The number of hydrogen-bond acceptors (Lipinski definition) is 10. The lowest BCUT2D eigenvalue weighted by atomic mass is 10.1. The lowest BCUT2D eigenvalue weighted by molar-refractivity contribution is 0.0943. The van der Waals surface area contributed by atoms with Crippen molar-refractivity contribution in [2.24, 2.45) is 0 Å². The van der Waals surface area contributed by atoms with E-state index in [1.165, 1.54) is 24.3 Å². The summed E-state index contributed by atoms with van der Waals surface area (Å²) in [5.41, 5.74) is 9.00. The quantitative estimate of drug-likeness (QED) is 0.120. The second-order valence-corrected chi connectivity index (χ2v) is 16.6. The van der Waals surface area contributed by atoms with E-state index in [0.29, 0.717) is 74.7 Å². The summed E-state index contributed by atoms with van der Waals surface area (Å²) in [5.74, 6) is -0.774. The van der Waals surface area contributed by atoms with E-state index in [0.717, 1.165) is 22.4 Å². The number of hydrogen-bond donors (Lipinski definition) is 3. The first-order valence-corrected chi connectivity index (χ1v) is 22.2. The molecule has 10 aromatic rings. The molecule has 0 radical (unpaired) electrons. The summed E-state index contributed by atoms with van der Waals surface area (Å²) in [4.78, 5) is 52.2. The predicted octanol–water partition coefficient (Wildman–Crippen LogP) is 9.85. The number of carbonyl (C=O) groups is 2. The maximum absolute atomic E-state index is 13.4. The van der Waals surface area contributed by atoms with Crippen molar-refractivity contribution in [3.8, 4) is 28.4 Å². The fourth-order valence-electron chi connectivity index (χ4n) is 6.96. The predicted molar refractivity (Wildman–Crippen MR) is 261 cm³/mol. The summed E-state index contributed by atoms with van der Waals surface area (Å²) in [6.45, 7) is 7.99. The zero-order chi connectivity index (χ0) is 48.6. The molecule has 0 aliphatic heterocycles. The molecule has 0 saturated heterocycles. The molecule has 2 amide bonds. The molecule has 6 heterocycles. The smallest absolute Gasteiger partial charge is 0.251 e. The van der Waals surface area contributed by atoms with Gasteiger partial charge in [0.1, 0.15) is 34.3 Å². The average molecular weight is 947 g/mol. The summed E-state index contributed by atoms with van der Waals surface area (Å²) in [6, 6.07) is 29.7. The molecule has 6 aromatic heterocycles. The van der Waals surface area contributed by atoms with Crippen LogP contribution < -0.4 is 15.4 Å². The minimum Gasteiger partial charge on any atom is -0.473 e. The number of fused-ring (bicyclic) bond motifs is 4. The fourth-order valence-corrected chi connectivity index (χ4v) is 7.20. The van der Waals surface area contributed by atoms with Gasteiger partial charge in [-0.3, -0.25) is 9.59 Å². The van der Waals surface area contributed by atoms with E-state index >= 15 is 0 Å². The number of rotatable bonds is 10. The van der Waals surface area contributed by atoms with Gasteiger partial charge >= 0.3 is 0 Å². The number of amides is 2. The van der Waals surface area contributed by atoms with Gasteiger partial charge in [0.15, 0.2) is 5.15 Å². The van der Waals surface area contributed by atoms with Crippen LogP contribution in [0, 0.1) is 11.6 Å². The number of aliphatic hydroxyl groups excluding tert-OH is 1. The van der Waals surface area contributed by atoms with Crippen molar-refractivity contribution in [2.45, 2.75) is 53.0 Å². The summed E-state index contributed by atoms with van der Waals surface area (Å²) in [5, 5.41) is 14.1. The topological polar surface area (TPSA) is 174 Å². The van der Waals surface area contributed by atoms with Crippen LogP contribution in [0.3, 0.4) is 0 Å². The summed E-state index contributed by atoms with van der Waals surface area (Å²) < 4.78 is 36.4. The highest BCUT2D eigenvalue weighted by Gasteiger charge is 2.17. The van der Waals surface area contributed by atoms with Gasteiger partial charge in [-0.25, -0.2) is 38.7 Å². The number of pyridine rings is 2. The van der Waals surface area contributed by atoms with Crippen molar-refractivity contribution in [3.05, 3.63) is 185 Å². The van der Waals surface area contributed by atoms with Crippen LogP contribution in [0.2, 0.25) is 5.15 Å². The van der Waals surface area contributed by atoms with Gasteiger partial charge in [0.2, 0.25) is 5.88 Å². The largest absolute Gasteiger partial charge is 0.473 e. The van der Waals surface area contributed by atoms with Gasteiger partial charge in [0.25, 0.3) is 11.8 Å². The Kier molecular flexibility index (Phi) is 14.5. The van der Waals surface area contributed by atoms with Crippen molar-refractivity contribution < 1.29 is 28.2 Å². The zero-order valence-electron chi connectivity index (χ0n) is 37.8. The molecular formula is C52H45ClF2N10O4. The van der Waals surface area contributed by atoms with Crippen LogP contribution in [-0.2, 0) is 13.1 Å². The molecule has 0 saturated carbocycles. The average Bonchev–Trinajstić information content (AvgIpc) is 4.02. The number of aliphatic hydroxyl groups is 1. The highest BCUT2D eigenvalue weighted by molar-refractivity contribution is 6.32. The maximum Gasteiger partial charge on any atom is 0.251 e.